The van der Waals surface area contributed by atoms with E-state index in [9.17, 15) is 4.79 Å². The first-order chi connectivity index (χ1) is 17.9. The Bertz CT molecular complexity index is 1430. The summed E-state index contributed by atoms with van der Waals surface area (Å²) in [6.45, 7) is 4.70. The highest BCUT2D eigenvalue weighted by atomic mass is 32.2. The van der Waals surface area contributed by atoms with Gasteiger partial charge >= 0.3 is 0 Å². The predicted molar refractivity (Wildman–Crippen MR) is 143 cm³/mol. The summed E-state index contributed by atoms with van der Waals surface area (Å²) >= 11 is 1.37. The summed E-state index contributed by atoms with van der Waals surface area (Å²) in [5.74, 6) is 2.15. The van der Waals surface area contributed by atoms with Gasteiger partial charge in [-0.3, -0.25) is 9.48 Å². The first-order valence-electron chi connectivity index (χ1n) is 12.7. The van der Waals surface area contributed by atoms with E-state index in [1.165, 1.54) is 31.0 Å². The summed E-state index contributed by atoms with van der Waals surface area (Å²) in [5.41, 5.74) is 3.47. The highest BCUT2D eigenvalue weighted by Crippen LogP contribution is 2.34. The minimum Gasteiger partial charge on any atom is -0.493 e. The second-order valence-corrected chi connectivity index (χ2v) is 10.4. The standard InChI is InChI=1S/C26H33N7O3S/c1-16-12-17(2)32(30-16)11-10-23-29-25-19-13-21(35-3)22(36-4)14-20(19)28-26(33(25)31-23)37-15-24(34)27-18-8-6-5-7-9-18/h12-14,18H,5-11,15H2,1-4H3,(H,27,34). The van der Waals surface area contributed by atoms with Gasteiger partial charge in [-0.05, 0) is 38.8 Å². The SMILES string of the molecule is COc1cc2nc(SCC(=O)NC3CCCCC3)n3nc(CCn4nc(C)cc4C)nc3c2cc1OC. The van der Waals surface area contributed by atoms with Gasteiger partial charge in [-0.2, -0.15) is 9.61 Å². The maximum absolute atomic E-state index is 12.7. The van der Waals surface area contributed by atoms with E-state index in [4.69, 9.17) is 24.5 Å². The number of aromatic nitrogens is 6. The number of ether oxygens (including phenoxy) is 2. The van der Waals surface area contributed by atoms with Crippen LogP contribution in [0.25, 0.3) is 16.6 Å². The molecule has 1 fully saturated rings. The molecule has 37 heavy (non-hydrogen) atoms. The molecule has 1 saturated carbocycles. The number of rotatable bonds is 9. The fraction of sp³-hybridized carbons (Fsp3) is 0.500. The van der Waals surface area contributed by atoms with Crippen molar-refractivity contribution in [2.75, 3.05) is 20.0 Å². The number of hydrogen-bond acceptors (Lipinski definition) is 8. The molecule has 196 valence electrons. The first kappa shape index (κ1) is 25.3. The lowest BCUT2D eigenvalue weighted by molar-refractivity contribution is -0.119. The summed E-state index contributed by atoms with van der Waals surface area (Å²) in [4.78, 5) is 22.4. The topological polar surface area (TPSA) is 108 Å². The summed E-state index contributed by atoms with van der Waals surface area (Å²) in [5, 5.41) is 13.9. The van der Waals surface area contributed by atoms with Crippen molar-refractivity contribution in [3.63, 3.8) is 0 Å². The van der Waals surface area contributed by atoms with Gasteiger partial charge in [0.15, 0.2) is 28.1 Å². The number of carbonyl (C=O) groups is 1. The van der Waals surface area contributed by atoms with Gasteiger partial charge in [-0.15, -0.1) is 5.10 Å². The zero-order valence-corrected chi connectivity index (χ0v) is 22.6. The average molecular weight is 524 g/mol. The smallest absolute Gasteiger partial charge is 0.230 e. The molecular formula is C26H33N7O3S. The molecule has 10 nitrogen and oxygen atoms in total. The van der Waals surface area contributed by atoms with Gasteiger partial charge in [0.1, 0.15) is 0 Å². The van der Waals surface area contributed by atoms with Crippen molar-refractivity contribution < 1.29 is 14.3 Å². The lowest BCUT2D eigenvalue weighted by Crippen LogP contribution is -2.37. The third kappa shape index (κ3) is 5.51. The van der Waals surface area contributed by atoms with E-state index in [0.29, 0.717) is 46.6 Å². The van der Waals surface area contributed by atoms with E-state index < -0.39 is 0 Å². The van der Waals surface area contributed by atoms with E-state index in [0.717, 1.165) is 29.6 Å². The Morgan fingerprint density at radius 1 is 1.05 bits per heavy atom. The Kier molecular flexibility index (Phi) is 7.50. The Hall–Kier alpha value is -3.34. The number of amides is 1. The number of fused-ring (bicyclic) bond motifs is 3. The van der Waals surface area contributed by atoms with Crippen molar-refractivity contribution in [1.29, 1.82) is 0 Å². The quantitative estimate of drug-likeness (QED) is 0.260. The summed E-state index contributed by atoms with van der Waals surface area (Å²) in [6.07, 6.45) is 6.33. The normalized spacial score (nSPS) is 14.4. The number of hydrogen-bond donors (Lipinski definition) is 1. The van der Waals surface area contributed by atoms with Crippen LogP contribution in [0.4, 0.5) is 0 Å². The molecule has 0 saturated heterocycles. The third-order valence-corrected chi connectivity index (χ3v) is 7.67. The Morgan fingerprint density at radius 2 is 1.81 bits per heavy atom. The van der Waals surface area contributed by atoms with Gasteiger partial charge in [-0.1, -0.05) is 31.0 Å². The van der Waals surface area contributed by atoms with Crippen LogP contribution in [-0.2, 0) is 17.8 Å². The number of thioether (sulfide) groups is 1. The van der Waals surface area contributed by atoms with E-state index in [1.54, 1.807) is 18.7 Å². The zero-order chi connectivity index (χ0) is 25.9. The molecule has 0 atom stereocenters. The fourth-order valence-corrected chi connectivity index (χ4v) is 5.66. The van der Waals surface area contributed by atoms with Gasteiger partial charge in [-0.25, -0.2) is 9.97 Å². The van der Waals surface area contributed by atoms with E-state index in [1.807, 2.05) is 30.7 Å². The molecule has 1 aromatic carbocycles. The molecule has 1 aliphatic rings. The van der Waals surface area contributed by atoms with Crippen LogP contribution in [0.15, 0.2) is 23.4 Å². The molecule has 1 N–H and O–H groups in total. The van der Waals surface area contributed by atoms with Gasteiger partial charge in [0.25, 0.3) is 0 Å². The maximum Gasteiger partial charge on any atom is 0.230 e. The Morgan fingerprint density at radius 3 is 2.51 bits per heavy atom. The minimum absolute atomic E-state index is 0.0177. The van der Waals surface area contributed by atoms with E-state index in [-0.39, 0.29) is 17.7 Å². The third-order valence-electron chi connectivity index (χ3n) is 6.74. The van der Waals surface area contributed by atoms with Crippen molar-refractivity contribution in [2.24, 2.45) is 0 Å². The van der Waals surface area contributed by atoms with Crippen LogP contribution < -0.4 is 14.8 Å². The number of nitrogens with zero attached hydrogens (tertiary/aromatic N) is 6. The molecule has 1 aliphatic carbocycles. The maximum atomic E-state index is 12.7. The highest BCUT2D eigenvalue weighted by Gasteiger charge is 2.20. The lowest BCUT2D eigenvalue weighted by Gasteiger charge is -2.22. The van der Waals surface area contributed by atoms with Crippen LogP contribution in [0.5, 0.6) is 11.5 Å². The van der Waals surface area contributed by atoms with Crippen molar-refractivity contribution in [2.45, 2.75) is 70.1 Å². The summed E-state index contributed by atoms with van der Waals surface area (Å²) in [6, 6.07) is 6.04. The molecule has 1 amide bonds. The van der Waals surface area contributed by atoms with Crippen LogP contribution in [0.2, 0.25) is 0 Å². The van der Waals surface area contributed by atoms with Crippen molar-refractivity contribution >= 4 is 34.2 Å². The second-order valence-electron chi connectivity index (χ2n) is 9.47. The number of carbonyl (C=O) groups excluding carboxylic acids is 1. The molecule has 0 spiro atoms. The van der Waals surface area contributed by atoms with Crippen LogP contribution in [0.3, 0.4) is 0 Å². The van der Waals surface area contributed by atoms with Crippen LogP contribution in [-0.4, -0.2) is 61.3 Å². The van der Waals surface area contributed by atoms with E-state index in [2.05, 4.69) is 16.5 Å². The minimum atomic E-state index is 0.0177. The number of nitrogens with one attached hydrogen (secondary N) is 1. The van der Waals surface area contributed by atoms with Crippen LogP contribution in [0.1, 0.15) is 49.3 Å². The van der Waals surface area contributed by atoms with Crippen LogP contribution >= 0.6 is 11.8 Å². The van der Waals surface area contributed by atoms with Gasteiger partial charge in [0.05, 0.1) is 31.2 Å². The van der Waals surface area contributed by atoms with Crippen molar-refractivity contribution in [1.82, 2.24) is 34.7 Å². The molecule has 5 rings (SSSR count). The second kappa shape index (κ2) is 11.0. The Balaban J connectivity index is 1.46. The zero-order valence-electron chi connectivity index (χ0n) is 21.8. The molecule has 0 radical (unpaired) electrons. The van der Waals surface area contributed by atoms with Crippen molar-refractivity contribution in [3.05, 3.63) is 35.4 Å². The molecule has 3 heterocycles. The van der Waals surface area contributed by atoms with Crippen LogP contribution in [0, 0.1) is 13.8 Å². The average Bonchev–Trinajstić information content (AvgIpc) is 3.48. The molecule has 0 bridgehead atoms. The lowest BCUT2D eigenvalue weighted by atomic mass is 9.95. The monoisotopic (exact) mass is 523 g/mol. The summed E-state index contributed by atoms with van der Waals surface area (Å²) in [7, 11) is 3.20. The van der Waals surface area contributed by atoms with Gasteiger partial charge in [0, 0.05) is 36.2 Å². The van der Waals surface area contributed by atoms with E-state index >= 15 is 0 Å². The van der Waals surface area contributed by atoms with Gasteiger partial charge in [0.2, 0.25) is 5.91 Å². The Labute approximate surface area is 220 Å². The number of benzene rings is 1. The van der Waals surface area contributed by atoms with Gasteiger partial charge < -0.3 is 14.8 Å². The molecule has 11 heteroatoms. The first-order valence-corrected chi connectivity index (χ1v) is 13.7. The number of methoxy groups -OCH3 is 2. The number of aryl methyl sites for hydroxylation is 4. The highest BCUT2D eigenvalue weighted by molar-refractivity contribution is 7.99. The molecular weight excluding hydrogens is 490 g/mol. The molecule has 0 aliphatic heterocycles. The molecule has 3 aromatic heterocycles. The largest absolute Gasteiger partial charge is 0.493 e. The van der Waals surface area contributed by atoms with Crippen molar-refractivity contribution in [3.8, 4) is 11.5 Å². The fourth-order valence-electron chi connectivity index (χ4n) is 4.91. The summed E-state index contributed by atoms with van der Waals surface area (Å²) < 4.78 is 14.7. The predicted octanol–water partition coefficient (Wildman–Crippen LogP) is 3.89. The molecule has 0 unspecified atom stereocenters. The molecule has 4 aromatic rings.